The number of nitrogens with two attached hydrogens (primary N) is 1. The molecule has 1 unspecified atom stereocenters. The van der Waals surface area contributed by atoms with Crippen LogP contribution in [0.25, 0.3) is 0 Å². The van der Waals surface area contributed by atoms with Gasteiger partial charge in [-0.25, -0.2) is 4.98 Å². The summed E-state index contributed by atoms with van der Waals surface area (Å²) in [5, 5.41) is 4.07. The molecule has 0 fully saturated rings. The van der Waals surface area contributed by atoms with Gasteiger partial charge >= 0.3 is 0 Å². The van der Waals surface area contributed by atoms with Gasteiger partial charge in [0.05, 0.1) is 0 Å². The Morgan fingerprint density at radius 1 is 1.41 bits per heavy atom. The first-order valence-corrected chi connectivity index (χ1v) is 6.29. The molecule has 0 radical (unpaired) electrons. The van der Waals surface area contributed by atoms with Crippen LogP contribution < -0.4 is 5.73 Å². The van der Waals surface area contributed by atoms with Crippen molar-refractivity contribution < 1.29 is 0 Å². The molecule has 1 atom stereocenters. The summed E-state index contributed by atoms with van der Waals surface area (Å²) in [6.45, 7) is 0.593. The molecule has 0 spiro atoms. The topological polar surface area (TPSA) is 56.7 Å². The van der Waals surface area contributed by atoms with Gasteiger partial charge in [-0.1, -0.05) is 34.1 Å². The highest BCUT2D eigenvalue weighted by Crippen LogP contribution is 2.26. The highest BCUT2D eigenvalue weighted by atomic mass is 79.9. The Morgan fingerprint density at radius 2 is 2.18 bits per heavy atom. The van der Waals surface area contributed by atoms with E-state index in [1.165, 1.54) is 5.56 Å². The first kappa shape index (κ1) is 12.3. The average molecular weight is 295 g/mol. The lowest BCUT2D eigenvalue weighted by Crippen LogP contribution is -2.17. The predicted octanol–water partition coefficient (Wildman–Crippen LogP) is 1.86. The largest absolute Gasteiger partial charge is 0.330 e. The van der Waals surface area contributed by atoms with Gasteiger partial charge in [0.15, 0.2) is 0 Å². The van der Waals surface area contributed by atoms with E-state index in [0.29, 0.717) is 6.54 Å². The monoisotopic (exact) mass is 294 g/mol. The van der Waals surface area contributed by atoms with Gasteiger partial charge in [0.2, 0.25) is 0 Å². The molecular formula is C12H15BrN4. The molecule has 1 aromatic heterocycles. The second kappa shape index (κ2) is 5.42. The summed E-state index contributed by atoms with van der Waals surface area (Å²) in [5.74, 6) is 1.21. The maximum absolute atomic E-state index is 5.86. The molecule has 0 amide bonds. The molecule has 0 aliphatic heterocycles. The standard InChI is InChI=1S/C12H15BrN4/c1-17-12(15-8-16-17)6-9(7-14)10-4-2-3-5-11(10)13/h2-5,8-9H,6-7,14H2,1H3. The Labute approximate surface area is 109 Å². The van der Waals surface area contributed by atoms with E-state index in [1.54, 1.807) is 11.0 Å². The van der Waals surface area contributed by atoms with Crippen molar-refractivity contribution in [3.63, 3.8) is 0 Å². The summed E-state index contributed by atoms with van der Waals surface area (Å²) >= 11 is 3.56. The van der Waals surface area contributed by atoms with Gasteiger partial charge in [0.25, 0.3) is 0 Å². The Balaban J connectivity index is 2.23. The molecule has 0 aliphatic carbocycles. The van der Waals surface area contributed by atoms with Crippen LogP contribution in [0.3, 0.4) is 0 Å². The maximum Gasteiger partial charge on any atom is 0.138 e. The lowest BCUT2D eigenvalue weighted by molar-refractivity contribution is 0.617. The number of halogens is 1. The van der Waals surface area contributed by atoms with Gasteiger partial charge in [-0.3, -0.25) is 4.68 Å². The smallest absolute Gasteiger partial charge is 0.138 e. The third-order valence-corrected chi connectivity index (χ3v) is 3.59. The zero-order valence-corrected chi connectivity index (χ0v) is 11.3. The second-order valence-electron chi connectivity index (χ2n) is 3.96. The van der Waals surface area contributed by atoms with Gasteiger partial charge in [-0.05, 0) is 18.2 Å². The summed E-state index contributed by atoms with van der Waals surface area (Å²) < 4.78 is 2.89. The summed E-state index contributed by atoms with van der Waals surface area (Å²) in [7, 11) is 1.90. The molecule has 1 aromatic carbocycles. The van der Waals surface area contributed by atoms with Crippen LogP contribution in [0.5, 0.6) is 0 Å². The van der Waals surface area contributed by atoms with Crippen LogP contribution in [0.2, 0.25) is 0 Å². The van der Waals surface area contributed by atoms with Crippen LogP contribution in [0.4, 0.5) is 0 Å². The summed E-state index contributed by atoms with van der Waals surface area (Å²) in [6.07, 6.45) is 2.37. The zero-order chi connectivity index (χ0) is 12.3. The number of hydrogen-bond acceptors (Lipinski definition) is 3. The second-order valence-corrected chi connectivity index (χ2v) is 4.81. The van der Waals surface area contributed by atoms with Crippen molar-refractivity contribution in [2.75, 3.05) is 6.54 Å². The highest BCUT2D eigenvalue weighted by Gasteiger charge is 2.15. The number of aromatic nitrogens is 3. The van der Waals surface area contributed by atoms with E-state index in [1.807, 2.05) is 25.2 Å². The molecule has 0 saturated heterocycles. The van der Waals surface area contributed by atoms with Gasteiger partial charge < -0.3 is 5.73 Å². The van der Waals surface area contributed by atoms with Gasteiger partial charge in [0, 0.05) is 23.9 Å². The molecule has 1 heterocycles. The van der Waals surface area contributed by atoms with Crippen LogP contribution in [0, 0.1) is 0 Å². The Bertz CT molecular complexity index is 495. The van der Waals surface area contributed by atoms with E-state index in [4.69, 9.17) is 5.73 Å². The molecule has 0 aliphatic rings. The highest BCUT2D eigenvalue weighted by molar-refractivity contribution is 9.10. The van der Waals surface area contributed by atoms with Gasteiger partial charge in [-0.15, -0.1) is 0 Å². The normalized spacial score (nSPS) is 12.6. The first-order chi connectivity index (χ1) is 8.22. The number of nitrogens with zero attached hydrogens (tertiary/aromatic N) is 3. The van der Waals surface area contributed by atoms with E-state index in [-0.39, 0.29) is 5.92 Å². The Morgan fingerprint density at radius 3 is 2.76 bits per heavy atom. The van der Waals surface area contributed by atoms with E-state index in [0.717, 1.165) is 16.7 Å². The van der Waals surface area contributed by atoms with Crippen molar-refractivity contribution in [3.05, 3.63) is 46.5 Å². The van der Waals surface area contributed by atoms with Crippen molar-refractivity contribution >= 4 is 15.9 Å². The quantitative estimate of drug-likeness (QED) is 0.936. The summed E-state index contributed by atoms with van der Waals surface area (Å²) in [6, 6.07) is 8.16. The fourth-order valence-electron chi connectivity index (χ4n) is 1.85. The van der Waals surface area contributed by atoms with Crippen molar-refractivity contribution in [2.45, 2.75) is 12.3 Å². The van der Waals surface area contributed by atoms with Crippen LogP contribution in [-0.4, -0.2) is 21.3 Å². The molecule has 4 nitrogen and oxygen atoms in total. The van der Waals surface area contributed by atoms with Crippen LogP contribution >= 0.6 is 15.9 Å². The molecule has 2 N–H and O–H groups in total. The fraction of sp³-hybridized carbons (Fsp3) is 0.333. The molecule has 0 saturated carbocycles. The number of rotatable bonds is 4. The summed E-state index contributed by atoms with van der Waals surface area (Å²) in [4.78, 5) is 4.24. The summed E-state index contributed by atoms with van der Waals surface area (Å²) in [5.41, 5.74) is 7.08. The lowest BCUT2D eigenvalue weighted by Gasteiger charge is -2.16. The van der Waals surface area contributed by atoms with Crippen LogP contribution in [-0.2, 0) is 13.5 Å². The van der Waals surface area contributed by atoms with Crippen LogP contribution in [0.15, 0.2) is 35.1 Å². The minimum atomic E-state index is 0.258. The molecule has 2 rings (SSSR count). The maximum atomic E-state index is 5.86. The fourth-order valence-corrected chi connectivity index (χ4v) is 2.46. The molecule has 90 valence electrons. The predicted molar refractivity (Wildman–Crippen MR) is 70.6 cm³/mol. The minimum absolute atomic E-state index is 0.258. The molecule has 0 bridgehead atoms. The van der Waals surface area contributed by atoms with Gasteiger partial charge in [-0.2, -0.15) is 5.10 Å². The number of benzene rings is 1. The molecule has 17 heavy (non-hydrogen) atoms. The van der Waals surface area contributed by atoms with E-state index in [2.05, 4.69) is 32.1 Å². The van der Waals surface area contributed by atoms with E-state index in [9.17, 15) is 0 Å². The van der Waals surface area contributed by atoms with E-state index >= 15 is 0 Å². The van der Waals surface area contributed by atoms with Crippen molar-refractivity contribution in [2.24, 2.45) is 12.8 Å². The van der Waals surface area contributed by atoms with E-state index < -0.39 is 0 Å². The Hall–Kier alpha value is -1.20. The zero-order valence-electron chi connectivity index (χ0n) is 9.68. The third-order valence-electron chi connectivity index (χ3n) is 2.86. The molecule has 5 heteroatoms. The number of aryl methyl sites for hydroxylation is 1. The number of hydrogen-bond donors (Lipinski definition) is 1. The lowest BCUT2D eigenvalue weighted by atomic mass is 9.95. The van der Waals surface area contributed by atoms with Crippen molar-refractivity contribution in [1.29, 1.82) is 0 Å². The molecule has 2 aromatic rings. The SMILES string of the molecule is Cn1ncnc1CC(CN)c1ccccc1Br. The first-order valence-electron chi connectivity index (χ1n) is 5.49. The van der Waals surface area contributed by atoms with Crippen molar-refractivity contribution in [3.8, 4) is 0 Å². The van der Waals surface area contributed by atoms with Gasteiger partial charge in [0.1, 0.15) is 12.2 Å². The Kier molecular flexibility index (Phi) is 3.91. The van der Waals surface area contributed by atoms with Crippen molar-refractivity contribution in [1.82, 2.24) is 14.8 Å². The molecular weight excluding hydrogens is 280 g/mol. The average Bonchev–Trinajstić information content (AvgIpc) is 2.73. The third kappa shape index (κ3) is 2.73. The van der Waals surface area contributed by atoms with Crippen LogP contribution in [0.1, 0.15) is 17.3 Å². The minimum Gasteiger partial charge on any atom is -0.330 e.